The highest BCUT2D eigenvalue weighted by molar-refractivity contribution is 6.02. The van der Waals surface area contributed by atoms with Gasteiger partial charge in [-0.05, 0) is 81.4 Å². The summed E-state index contributed by atoms with van der Waals surface area (Å²) in [5.74, 6) is -2.81. The van der Waals surface area contributed by atoms with E-state index in [0.29, 0.717) is 24.2 Å². The summed E-state index contributed by atoms with van der Waals surface area (Å²) in [6.07, 6.45) is 0.916. The van der Waals surface area contributed by atoms with Gasteiger partial charge in [-0.15, -0.1) is 0 Å². The van der Waals surface area contributed by atoms with Crippen molar-refractivity contribution in [3.8, 4) is 0 Å². The Balaban J connectivity index is 1.50. The molecule has 5 nitrogen and oxygen atoms in total. The molecular weight excluding hydrogens is 532 g/mol. The maximum absolute atomic E-state index is 14.3. The monoisotopic (exact) mass is 573 g/mol. The lowest BCUT2D eigenvalue weighted by atomic mass is 9.67. The van der Waals surface area contributed by atoms with Gasteiger partial charge in [0, 0.05) is 68.1 Å². The number of aryl methyl sites for hydroxylation is 1. The lowest BCUT2D eigenvalue weighted by Crippen LogP contribution is -2.51. The number of carbonyl (C=O) groups excluding carboxylic acids is 2. The van der Waals surface area contributed by atoms with Crippen molar-refractivity contribution >= 4 is 11.6 Å². The third-order valence-electron chi connectivity index (χ3n) is 9.22. The van der Waals surface area contributed by atoms with E-state index >= 15 is 0 Å². The Morgan fingerprint density at radius 3 is 1.81 bits per heavy atom. The van der Waals surface area contributed by atoms with Gasteiger partial charge in [0.2, 0.25) is 0 Å². The number of halogens is 2. The number of piperidine rings is 1. The number of hydrogen-bond acceptors (Lipinski definition) is 5. The minimum atomic E-state index is -0.563. The number of benzene rings is 3. The molecule has 0 bridgehead atoms. The summed E-state index contributed by atoms with van der Waals surface area (Å²) < 4.78 is 28.6. The van der Waals surface area contributed by atoms with Gasteiger partial charge in [0.05, 0.1) is 0 Å². The summed E-state index contributed by atoms with van der Waals surface area (Å²) in [5, 5.41) is 0. The largest absolute Gasteiger partial charge is 0.304 e. The van der Waals surface area contributed by atoms with Gasteiger partial charge in [-0.2, -0.15) is 0 Å². The van der Waals surface area contributed by atoms with Gasteiger partial charge in [-0.3, -0.25) is 9.59 Å². The zero-order chi connectivity index (χ0) is 29.8. The van der Waals surface area contributed by atoms with Crippen molar-refractivity contribution in [2.75, 3.05) is 59.4 Å². The SMILES string of the molecule is Cc1cccc([C@@H]2[C@@H](C(=O)c3cccc(F)c3)CN(CCCN3CCN(C)CC3)C[C@H]2C(=O)c2cccc(F)c2)c1C. The topological polar surface area (TPSA) is 43.9 Å². The van der Waals surface area contributed by atoms with Gasteiger partial charge in [-0.25, -0.2) is 8.78 Å². The first-order valence-electron chi connectivity index (χ1n) is 15.0. The highest BCUT2D eigenvalue weighted by atomic mass is 19.1. The van der Waals surface area contributed by atoms with E-state index in [9.17, 15) is 18.4 Å². The first-order valence-corrected chi connectivity index (χ1v) is 15.0. The third-order valence-corrected chi connectivity index (χ3v) is 9.22. The molecule has 3 atom stereocenters. The second-order valence-electron chi connectivity index (χ2n) is 12.0. The second kappa shape index (κ2) is 13.4. The minimum absolute atomic E-state index is 0.166. The number of rotatable bonds is 9. The van der Waals surface area contributed by atoms with E-state index in [-0.39, 0.29) is 11.6 Å². The molecule has 42 heavy (non-hydrogen) atoms. The summed E-state index contributed by atoms with van der Waals surface area (Å²) >= 11 is 0. The second-order valence-corrected chi connectivity index (χ2v) is 12.0. The van der Waals surface area contributed by atoms with E-state index in [1.165, 1.54) is 24.3 Å². The van der Waals surface area contributed by atoms with E-state index in [0.717, 1.165) is 62.4 Å². The quantitative estimate of drug-likeness (QED) is 0.311. The van der Waals surface area contributed by atoms with Crippen LogP contribution in [-0.2, 0) is 0 Å². The van der Waals surface area contributed by atoms with Crippen molar-refractivity contribution in [3.05, 3.63) is 106 Å². The van der Waals surface area contributed by atoms with Crippen LogP contribution in [-0.4, -0.2) is 85.7 Å². The molecule has 0 aromatic heterocycles. The fourth-order valence-corrected chi connectivity index (χ4v) is 6.68. The van der Waals surface area contributed by atoms with Crippen LogP contribution in [0.3, 0.4) is 0 Å². The Kier molecular flexibility index (Phi) is 9.61. The molecule has 0 N–H and O–H groups in total. The lowest BCUT2D eigenvalue weighted by molar-refractivity contribution is 0.0556. The summed E-state index contributed by atoms with van der Waals surface area (Å²) in [5.41, 5.74) is 3.70. The molecule has 2 aliphatic rings. The van der Waals surface area contributed by atoms with E-state index < -0.39 is 29.4 Å². The number of nitrogens with zero attached hydrogens (tertiary/aromatic N) is 3. The van der Waals surface area contributed by atoms with Gasteiger partial charge in [0.15, 0.2) is 11.6 Å². The molecule has 5 rings (SSSR count). The van der Waals surface area contributed by atoms with Crippen molar-refractivity contribution in [1.29, 1.82) is 0 Å². The summed E-state index contributed by atoms with van der Waals surface area (Å²) in [4.78, 5) is 35.4. The van der Waals surface area contributed by atoms with Crippen molar-refractivity contribution in [2.45, 2.75) is 26.2 Å². The third kappa shape index (κ3) is 6.86. The van der Waals surface area contributed by atoms with Crippen LogP contribution in [0, 0.1) is 37.3 Å². The van der Waals surface area contributed by atoms with Crippen LogP contribution in [0.2, 0.25) is 0 Å². The molecule has 222 valence electrons. The van der Waals surface area contributed by atoms with Gasteiger partial charge < -0.3 is 14.7 Å². The van der Waals surface area contributed by atoms with Crippen molar-refractivity contribution in [1.82, 2.24) is 14.7 Å². The number of likely N-dealkylation sites (N-methyl/N-ethyl adjacent to an activating group) is 1. The molecule has 2 aliphatic heterocycles. The molecule has 2 saturated heterocycles. The Labute approximate surface area is 248 Å². The van der Waals surface area contributed by atoms with E-state index in [2.05, 4.69) is 21.7 Å². The molecule has 0 amide bonds. The first-order chi connectivity index (χ1) is 20.2. The standard InChI is InChI=1S/C35H41F2N3O2/c1-24-8-4-13-30(25(24)2)33-31(34(41)26-9-5-11-28(36)20-26)22-40(15-7-14-39-18-16-38(3)17-19-39)23-32(33)35(42)27-10-6-12-29(37)21-27/h4-6,8-13,20-21,31-33H,7,14-19,22-23H2,1-3H3/t31-,32+,33+. The molecule has 0 spiro atoms. The first kappa shape index (κ1) is 30.2. The Morgan fingerprint density at radius 2 is 1.26 bits per heavy atom. The average molecular weight is 574 g/mol. The Hall–Kier alpha value is -3.26. The van der Waals surface area contributed by atoms with Crippen molar-refractivity contribution in [3.63, 3.8) is 0 Å². The van der Waals surface area contributed by atoms with Gasteiger partial charge in [-0.1, -0.05) is 42.5 Å². The van der Waals surface area contributed by atoms with Crippen LogP contribution < -0.4 is 0 Å². The zero-order valence-corrected chi connectivity index (χ0v) is 24.9. The molecule has 0 unspecified atom stereocenters. The molecule has 0 radical (unpaired) electrons. The number of carbonyl (C=O) groups is 2. The predicted molar refractivity (Wildman–Crippen MR) is 162 cm³/mol. The van der Waals surface area contributed by atoms with E-state index in [1.807, 2.05) is 32.0 Å². The molecular formula is C35H41F2N3O2. The predicted octanol–water partition coefficient (Wildman–Crippen LogP) is 5.62. The van der Waals surface area contributed by atoms with Crippen LogP contribution in [0.1, 0.15) is 49.7 Å². The van der Waals surface area contributed by atoms with E-state index in [4.69, 9.17) is 0 Å². The molecule has 3 aromatic rings. The number of piperazine rings is 1. The van der Waals surface area contributed by atoms with Gasteiger partial charge in [0.1, 0.15) is 11.6 Å². The molecule has 2 heterocycles. The fourth-order valence-electron chi connectivity index (χ4n) is 6.68. The number of ketones is 2. The zero-order valence-electron chi connectivity index (χ0n) is 24.9. The average Bonchev–Trinajstić information content (AvgIpc) is 2.98. The van der Waals surface area contributed by atoms with E-state index in [1.54, 1.807) is 24.3 Å². The highest BCUT2D eigenvalue weighted by Crippen LogP contribution is 2.42. The van der Waals surface area contributed by atoms with Crippen LogP contribution in [0.25, 0.3) is 0 Å². The van der Waals surface area contributed by atoms with Crippen molar-refractivity contribution in [2.24, 2.45) is 11.8 Å². The maximum Gasteiger partial charge on any atom is 0.167 e. The minimum Gasteiger partial charge on any atom is -0.304 e. The fraction of sp³-hybridized carbons (Fsp3) is 0.429. The van der Waals surface area contributed by atoms with Gasteiger partial charge in [0.25, 0.3) is 0 Å². The summed E-state index contributed by atoms with van der Waals surface area (Å²) in [6.45, 7) is 10.9. The summed E-state index contributed by atoms with van der Waals surface area (Å²) in [6, 6.07) is 17.7. The maximum atomic E-state index is 14.3. The molecule has 3 aromatic carbocycles. The molecule has 0 aliphatic carbocycles. The van der Waals surface area contributed by atoms with Crippen LogP contribution in [0.4, 0.5) is 8.78 Å². The highest BCUT2D eigenvalue weighted by Gasteiger charge is 2.45. The van der Waals surface area contributed by atoms with Crippen LogP contribution in [0.5, 0.6) is 0 Å². The van der Waals surface area contributed by atoms with Crippen molar-refractivity contribution < 1.29 is 18.4 Å². The van der Waals surface area contributed by atoms with Gasteiger partial charge >= 0.3 is 0 Å². The van der Waals surface area contributed by atoms with Crippen LogP contribution >= 0.6 is 0 Å². The molecule has 0 saturated carbocycles. The smallest absolute Gasteiger partial charge is 0.167 e. The van der Waals surface area contributed by atoms with Crippen LogP contribution in [0.15, 0.2) is 66.7 Å². The summed E-state index contributed by atoms with van der Waals surface area (Å²) in [7, 11) is 2.14. The number of Topliss-reactive ketones (excluding diaryl/α,β-unsaturated/α-hetero) is 2. The lowest BCUT2D eigenvalue weighted by Gasteiger charge is -2.44. The molecule has 2 fully saturated rings. The number of likely N-dealkylation sites (tertiary alicyclic amines) is 1. The normalized spacial score (nSPS) is 22.3. The molecule has 7 heteroatoms. The Morgan fingerprint density at radius 1 is 0.738 bits per heavy atom. The Bertz CT molecular complexity index is 1350. The number of hydrogen-bond donors (Lipinski definition) is 0.